The molecular formula is C20H17NO5S. The smallest absolute Gasteiger partial charge is 0.265 e. The monoisotopic (exact) mass is 383 g/mol. The lowest BCUT2D eigenvalue weighted by atomic mass is 10.1. The number of ether oxygens (including phenoxy) is 3. The fourth-order valence-electron chi connectivity index (χ4n) is 2.63. The molecule has 0 aliphatic carbocycles. The van der Waals surface area contributed by atoms with Crippen LogP contribution in [-0.2, 0) is 0 Å². The molecular weight excluding hydrogens is 366 g/mol. The molecule has 3 aromatic rings. The van der Waals surface area contributed by atoms with Gasteiger partial charge in [-0.3, -0.25) is 4.79 Å². The standard InChI is InChI=1S/C20H17NO5S/c22-16(13-3-8-17-18(10-13)26-12-25-17)11-24-15-6-4-14(5-7-15)21-20(23)19-2-1-9-27-19/h1-10,16,22H,11-12H2,(H,21,23). The van der Waals surface area contributed by atoms with Crippen molar-refractivity contribution in [3.8, 4) is 17.2 Å². The first-order valence-electron chi connectivity index (χ1n) is 8.34. The predicted octanol–water partition coefficient (Wildman–Crippen LogP) is 3.84. The van der Waals surface area contributed by atoms with Crippen LogP contribution in [0.1, 0.15) is 21.3 Å². The quantitative estimate of drug-likeness (QED) is 0.676. The highest BCUT2D eigenvalue weighted by atomic mass is 32.1. The molecule has 0 fully saturated rings. The van der Waals surface area contributed by atoms with Crippen molar-refractivity contribution in [2.75, 3.05) is 18.7 Å². The minimum atomic E-state index is -0.794. The van der Waals surface area contributed by atoms with Crippen LogP contribution in [0.3, 0.4) is 0 Å². The first-order valence-corrected chi connectivity index (χ1v) is 9.22. The average Bonchev–Trinajstić information content (AvgIpc) is 3.38. The van der Waals surface area contributed by atoms with Gasteiger partial charge < -0.3 is 24.6 Å². The van der Waals surface area contributed by atoms with Crippen LogP contribution >= 0.6 is 11.3 Å². The highest BCUT2D eigenvalue weighted by Crippen LogP contribution is 2.34. The molecule has 0 saturated carbocycles. The molecule has 4 rings (SSSR count). The highest BCUT2D eigenvalue weighted by Gasteiger charge is 2.17. The number of benzene rings is 2. The van der Waals surface area contributed by atoms with E-state index in [1.807, 2.05) is 11.4 Å². The first-order chi connectivity index (χ1) is 13.2. The number of thiophene rings is 1. The van der Waals surface area contributed by atoms with E-state index >= 15 is 0 Å². The van der Waals surface area contributed by atoms with Crippen molar-refractivity contribution >= 4 is 22.9 Å². The zero-order chi connectivity index (χ0) is 18.6. The molecule has 2 heterocycles. The number of aliphatic hydroxyl groups excluding tert-OH is 1. The molecule has 1 aliphatic heterocycles. The van der Waals surface area contributed by atoms with Crippen LogP contribution in [0.15, 0.2) is 60.0 Å². The summed E-state index contributed by atoms with van der Waals surface area (Å²) in [4.78, 5) is 12.7. The minimum Gasteiger partial charge on any atom is -0.491 e. The van der Waals surface area contributed by atoms with Crippen molar-refractivity contribution in [1.82, 2.24) is 0 Å². The van der Waals surface area contributed by atoms with Gasteiger partial charge in [-0.05, 0) is 53.4 Å². The molecule has 2 aromatic carbocycles. The molecule has 2 N–H and O–H groups in total. The van der Waals surface area contributed by atoms with Crippen LogP contribution in [0.4, 0.5) is 5.69 Å². The molecule has 138 valence electrons. The number of hydrogen-bond donors (Lipinski definition) is 2. The fourth-order valence-corrected chi connectivity index (χ4v) is 3.25. The topological polar surface area (TPSA) is 77.0 Å². The summed E-state index contributed by atoms with van der Waals surface area (Å²) in [5.74, 6) is 1.75. The maximum Gasteiger partial charge on any atom is 0.265 e. The van der Waals surface area contributed by atoms with Gasteiger partial charge in [0.25, 0.3) is 5.91 Å². The molecule has 0 spiro atoms. The summed E-state index contributed by atoms with van der Waals surface area (Å²) in [6, 6.07) is 15.9. The van der Waals surface area contributed by atoms with E-state index in [1.54, 1.807) is 48.5 Å². The maximum atomic E-state index is 12.0. The van der Waals surface area contributed by atoms with Crippen molar-refractivity contribution in [1.29, 1.82) is 0 Å². The summed E-state index contributed by atoms with van der Waals surface area (Å²) >= 11 is 1.39. The Bertz CT molecular complexity index is 924. The lowest BCUT2D eigenvalue weighted by Gasteiger charge is -2.13. The summed E-state index contributed by atoms with van der Waals surface area (Å²) in [6.07, 6.45) is -0.794. The van der Waals surface area contributed by atoms with Crippen LogP contribution in [0.25, 0.3) is 0 Å². The molecule has 1 aliphatic rings. The largest absolute Gasteiger partial charge is 0.491 e. The zero-order valence-corrected chi connectivity index (χ0v) is 15.1. The van der Waals surface area contributed by atoms with Crippen LogP contribution in [0.5, 0.6) is 17.2 Å². The van der Waals surface area contributed by atoms with Gasteiger partial charge in [0, 0.05) is 5.69 Å². The fraction of sp³-hybridized carbons (Fsp3) is 0.150. The zero-order valence-electron chi connectivity index (χ0n) is 14.3. The molecule has 0 radical (unpaired) electrons. The Morgan fingerprint density at radius 3 is 2.74 bits per heavy atom. The Morgan fingerprint density at radius 1 is 1.15 bits per heavy atom. The Kier molecular flexibility index (Phi) is 4.95. The van der Waals surface area contributed by atoms with Crippen LogP contribution in [-0.4, -0.2) is 24.4 Å². The molecule has 7 heteroatoms. The number of nitrogens with one attached hydrogen (secondary N) is 1. The van der Waals surface area contributed by atoms with Crippen molar-refractivity contribution in [3.63, 3.8) is 0 Å². The van der Waals surface area contributed by atoms with E-state index in [4.69, 9.17) is 14.2 Å². The van der Waals surface area contributed by atoms with Gasteiger partial charge in [0.1, 0.15) is 18.5 Å². The van der Waals surface area contributed by atoms with Gasteiger partial charge in [0.15, 0.2) is 11.5 Å². The average molecular weight is 383 g/mol. The van der Waals surface area contributed by atoms with Gasteiger partial charge in [0.05, 0.1) is 4.88 Å². The summed E-state index contributed by atoms with van der Waals surface area (Å²) in [7, 11) is 0. The third-order valence-electron chi connectivity index (χ3n) is 4.05. The number of carbonyl (C=O) groups is 1. The Hall–Kier alpha value is -3.03. The lowest BCUT2D eigenvalue weighted by molar-refractivity contribution is 0.103. The number of fused-ring (bicyclic) bond motifs is 1. The van der Waals surface area contributed by atoms with E-state index in [1.165, 1.54) is 11.3 Å². The molecule has 27 heavy (non-hydrogen) atoms. The summed E-state index contributed by atoms with van der Waals surface area (Å²) in [5.41, 5.74) is 1.37. The van der Waals surface area contributed by atoms with Gasteiger partial charge in [-0.25, -0.2) is 0 Å². The third-order valence-corrected chi connectivity index (χ3v) is 4.92. The minimum absolute atomic E-state index is 0.0978. The third kappa shape index (κ3) is 4.05. The molecule has 6 nitrogen and oxygen atoms in total. The lowest BCUT2D eigenvalue weighted by Crippen LogP contribution is -2.11. The Morgan fingerprint density at radius 2 is 1.96 bits per heavy atom. The number of anilines is 1. The summed E-state index contributed by atoms with van der Waals surface area (Å²) in [5, 5.41) is 15.0. The van der Waals surface area contributed by atoms with E-state index < -0.39 is 6.10 Å². The van der Waals surface area contributed by atoms with E-state index in [0.717, 1.165) is 0 Å². The van der Waals surface area contributed by atoms with Gasteiger partial charge in [0.2, 0.25) is 6.79 Å². The number of hydrogen-bond acceptors (Lipinski definition) is 6. The second-order valence-corrected chi connectivity index (χ2v) is 6.84. The Balaban J connectivity index is 1.32. The molecule has 1 amide bonds. The predicted molar refractivity (Wildman–Crippen MR) is 102 cm³/mol. The van der Waals surface area contributed by atoms with E-state index in [2.05, 4.69) is 5.32 Å². The van der Waals surface area contributed by atoms with E-state index in [-0.39, 0.29) is 19.3 Å². The van der Waals surface area contributed by atoms with Crippen molar-refractivity contribution in [2.24, 2.45) is 0 Å². The first kappa shape index (κ1) is 17.4. The van der Waals surface area contributed by atoms with Crippen LogP contribution in [0, 0.1) is 0 Å². The number of carbonyl (C=O) groups excluding carboxylic acids is 1. The van der Waals surface area contributed by atoms with E-state index in [9.17, 15) is 9.90 Å². The normalized spacial score (nSPS) is 13.2. The SMILES string of the molecule is O=C(Nc1ccc(OCC(O)c2ccc3c(c2)OCO3)cc1)c1cccs1. The second kappa shape index (κ2) is 7.69. The van der Waals surface area contributed by atoms with E-state index in [0.29, 0.717) is 33.4 Å². The van der Waals surface area contributed by atoms with Gasteiger partial charge in [-0.15, -0.1) is 11.3 Å². The van der Waals surface area contributed by atoms with Crippen molar-refractivity contribution < 1.29 is 24.1 Å². The molecule has 0 bridgehead atoms. The van der Waals surface area contributed by atoms with Gasteiger partial charge >= 0.3 is 0 Å². The Labute approximate surface area is 159 Å². The number of aliphatic hydroxyl groups is 1. The number of rotatable bonds is 6. The molecule has 1 unspecified atom stereocenters. The van der Waals surface area contributed by atoms with Crippen molar-refractivity contribution in [2.45, 2.75) is 6.10 Å². The van der Waals surface area contributed by atoms with Crippen LogP contribution in [0.2, 0.25) is 0 Å². The summed E-state index contributed by atoms with van der Waals surface area (Å²) in [6.45, 7) is 0.293. The molecule has 1 aromatic heterocycles. The summed E-state index contributed by atoms with van der Waals surface area (Å²) < 4.78 is 16.2. The van der Waals surface area contributed by atoms with Crippen LogP contribution < -0.4 is 19.5 Å². The van der Waals surface area contributed by atoms with Gasteiger partial charge in [-0.2, -0.15) is 0 Å². The van der Waals surface area contributed by atoms with Crippen molar-refractivity contribution in [3.05, 3.63) is 70.4 Å². The molecule has 0 saturated heterocycles. The highest BCUT2D eigenvalue weighted by molar-refractivity contribution is 7.12. The number of amides is 1. The second-order valence-electron chi connectivity index (χ2n) is 5.90. The molecule has 1 atom stereocenters. The van der Waals surface area contributed by atoms with Gasteiger partial charge in [-0.1, -0.05) is 12.1 Å². The maximum absolute atomic E-state index is 12.0.